The summed E-state index contributed by atoms with van der Waals surface area (Å²) in [4.78, 5) is 11.5. The van der Waals surface area contributed by atoms with Gasteiger partial charge >= 0.3 is 24.0 Å². The van der Waals surface area contributed by atoms with Crippen LogP contribution in [0.2, 0.25) is 0 Å². The highest BCUT2D eigenvalue weighted by atomic mass is 19.4. The van der Waals surface area contributed by atoms with Gasteiger partial charge < -0.3 is 4.74 Å². The normalized spacial score (nSPS) is 13.0. The van der Waals surface area contributed by atoms with Crippen LogP contribution in [0, 0.1) is 0 Å². The van der Waals surface area contributed by atoms with Crippen molar-refractivity contribution in [1.29, 1.82) is 0 Å². The van der Waals surface area contributed by atoms with E-state index in [0.717, 1.165) is 24.8 Å². The number of benzene rings is 1. The first-order valence-electron chi connectivity index (χ1n) is 7.01. The van der Waals surface area contributed by atoms with Crippen LogP contribution < -0.4 is 0 Å². The number of alkyl halides is 7. The van der Waals surface area contributed by atoms with E-state index in [1.54, 1.807) is 0 Å². The highest BCUT2D eigenvalue weighted by molar-refractivity contribution is 5.89. The van der Waals surface area contributed by atoms with E-state index in [0.29, 0.717) is 0 Å². The highest BCUT2D eigenvalue weighted by Gasteiger charge is 2.73. The van der Waals surface area contributed by atoms with Gasteiger partial charge in [-0.3, -0.25) is 0 Å². The number of rotatable bonds is 7. The van der Waals surface area contributed by atoms with E-state index in [2.05, 4.69) is 4.74 Å². The number of carbonyl (C=O) groups excluding carboxylic acids is 1. The Kier molecular flexibility index (Phi) is 6.24. The van der Waals surface area contributed by atoms with E-state index >= 15 is 0 Å². The van der Waals surface area contributed by atoms with Gasteiger partial charge in [0.25, 0.3) is 0 Å². The first-order chi connectivity index (χ1) is 10.9. The molecule has 0 aliphatic carbocycles. The smallest absolute Gasteiger partial charge is 0.455 e. The van der Waals surface area contributed by atoms with Crippen molar-refractivity contribution in [2.45, 2.75) is 44.2 Å². The fourth-order valence-corrected chi connectivity index (χ4v) is 1.73. The van der Waals surface area contributed by atoms with E-state index in [-0.39, 0.29) is 5.56 Å². The molecule has 1 rings (SSSR count). The second-order valence-corrected chi connectivity index (χ2v) is 5.15. The molecule has 0 spiro atoms. The van der Waals surface area contributed by atoms with Crippen LogP contribution in [0.3, 0.4) is 0 Å². The highest BCUT2D eigenvalue weighted by Crippen LogP contribution is 2.46. The molecule has 2 nitrogen and oxygen atoms in total. The molecule has 0 fully saturated rings. The molecule has 0 aromatic heterocycles. The van der Waals surface area contributed by atoms with E-state index in [1.807, 2.05) is 6.92 Å². The zero-order valence-electron chi connectivity index (χ0n) is 12.6. The summed E-state index contributed by atoms with van der Waals surface area (Å²) in [5.41, 5.74) is 0.642. The zero-order valence-corrected chi connectivity index (χ0v) is 12.6. The number of ether oxygens (including phenoxy) is 1. The molecular formula is C15H15F7O2. The molecule has 0 N–H and O–H groups in total. The zero-order chi connectivity index (χ0) is 18.6. The Hall–Kier alpha value is -1.80. The fraction of sp³-hybridized carbons (Fsp3) is 0.533. The number of aryl methyl sites for hydroxylation is 1. The summed E-state index contributed by atoms with van der Waals surface area (Å²) in [6.45, 7) is -0.404. The molecule has 136 valence electrons. The van der Waals surface area contributed by atoms with Crippen molar-refractivity contribution in [3.8, 4) is 0 Å². The first kappa shape index (κ1) is 20.2. The third kappa shape index (κ3) is 4.61. The van der Waals surface area contributed by atoms with E-state index < -0.39 is 30.6 Å². The van der Waals surface area contributed by atoms with Gasteiger partial charge in [0.1, 0.15) is 0 Å². The predicted molar refractivity (Wildman–Crippen MR) is 71.3 cm³/mol. The fourth-order valence-electron chi connectivity index (χ4n) is 1.73. The van der Waals surface area contributed by atoms with Crippen LogP contribution in [0.25, 0.3) is 0 Å². The largest absolute Gasteiger partial charge is 0.460 e. The van der Waals surface area contributed by atoms with Crippen LogP contribution in [-0.4, -0.2) is 30.6 Å². The van der Waals surface area contributed by atoms with Crippen LogP contribution in [0.15, 0.2) is 24.3 Å². The van der Waals surface area contributed by atoms with Gasteiger partial charge in [-0.2, -0.15) is 30.7 Å². The Morgan fingerprint density at radius 1 is 1.00 bits per heavy atom. The Labute approximate surface area is 133 Å². The van der Waals surface area contributed by atoms with Crippen LogP contribution in [-0.2, 0) is 11.2 Å². The second-order valence-electron chi connectivity index (χ2n) is 5.15. The minimum Gasteiger partial charge on any atom is -0.455 e. The van der Waals surface area contributed by atoms with Crippen molar-refractivity contribution in [2.24, 2.45) is 0 Å². The number of unbranched alkanes of at least 4 members (excludes halogenated alkanes) is 1. The molecule has 1 aromatic carbocycles. The standard InChI is InChI=1S/C15H15F7O2/c1-2-3-4-10-5-7-11(8-6-10)12(23)24-9-13(16,17)14(18,19)15(20,21)22/h5-8H,2-4,9H2,1H3. The average Bonchev–Trinajstić information content (AvgIpc) is 2.50. The molecule has 0 bridgehead atoms. The quantitative estimate of drug-likeness (QED) is 0.504. The lowest BCUT2D eigenvalue weighted by Crippen LogP contribution is -2.54. The SMILES string of the molecule is CCCCc1ccc(C(=O)OCC(F)(F)C(F)(F)C(F)(F)F)cc1. The maximum Gasteiger partial charge on any atom is 0.460 e. The molecule has 9 heteroatoms. The van der Waals surface area contributed by atoms with Crippen LogP contribution >= 0.6 is 0 Å². The number of hydrogen-bond donors (Lipinski definition) is 0. The Balaban J connectivity index is 2.71. The van der Waals surface area contributed by atoms with Crippen molar-refractivity contribution >= 4 is 5.97 Å². The van der Waals surface area contributed by atoms with Crippen LogP contribution in [0.5, 0.6) is 0 Å². The van der Waals surface area contributed by atoms with Crippen molar-refractivity contribution in [3.63, 3.8) is 0 Å². The summed E-state index contributed by atoms with van der Waals surface area (Å²) in [5, 5.41) is 0. The summed E-state index contributed by atoms with van der Waals surface area (Å²) < 4.78 is 91.2. The summed E-state index contributed by atoms with van der Waals surface area (Å²) in [5.74, 6) is -13.3. The molecule has 0 atom stereocenters. The summed E-state index contributed by atoms with van der Waals surface area (Å²) >= 11 is 0. The molecule has 1 aromatic rings. The van der Waals surface area contributed by atoms with Gasteiger partial charge in [-0.1, -0.05) is 25.5 Å². The van der Waals surface area contributed by atoms with Crippen molar-refractivity contribution in [2.75, 3.05) is 6.61 Å². The first-order valence-corrected chi connectivity index (χ1v) is 7.01. The molecule has 0 aliphatic rings. The Morgan fingerprint density at radius 2 is 1.54 bits per heavy atom. The van der Waals surface area contributed by atoms with Gasteiger partial charge in [-0.05, 0) is 30.5 Å². The number of halogens is 7. The maximum atomic E-state index is 13.0. The molecule has 0 aliphatic heterocycles. The molecule has 0 unspecified atom stereocenters. The molecule has 0 heterocycles. The van der Waals surface area contributed by atoms with Crippen molar-refractivity contribution < 1.29 is 40.3 Å². The molecule has 24 heavy (non-hydrogen) atoms. The molecular weight excluding hydrogens is 345 g/mol. The molecule has 0 radical (unpaired) electrons. The lowest BCUT2D eigenvalue weighted by Gasteiger charge is -2.27. The third-order valence-electron chi connectivity index (χ3n) is 3.21. The van der Waals surface area contributed by atoms with Crippen LogP contribution in [0.1, 0.15) is 35.7 Å². The minimum absolute atomic E-state index is 0.221. The average molecular weight is 360 g/mol. The lowest BCUT2D eigenvalue weighted by molar-refractivity contribution is -0.359. The van der Waals surface area contributed by atoms with Gasteiger partial charge in [0, 0.05) is 0 Å². The van der Waals surface area contributed by atoms with Crippen LogP contribution in [0.4, 0.5) is 30.7 Å². The summed E-state index contributed by atoms with van der Waals surface area (Å²) in [6.07, 6.45) is -3.90. The molecule has 0 saturated heterocycles. The van der Waals surface area contributed by atoms with Gasteiger partial charge in [-0.15, -0.1) is 0 Å². The molecule has 0 amide bonds. The Bertz CT molecular complexity index is 550. The summed E-state index contributed by atoms with van der Waals surface area (Å²) in [7, 11) is 0. The van der Waals surface area contributed by atoms with Gasteiger partial charge in [0.05, 0.1) is 5.56 Å². The van der Waals surface area contributed by atoms with Gasteiger partial charge in [-0.25, -0.2) is 4.79 Å². The third-order valence-corrected chi connectivity index (χ3v) is 3.21. The van der Waals surface area contributed by atoms with Gasteiger partial charge in [0.2, 0.25) is 0 Å². The lowest BCUT2D eigenvalue weighted by atomic mass is 10.1. The second kappa shape index (κ2) is 7.40. The van der Waals surface area contributed by atoms with E-state index in [4.69, 9.17) is 0 Å². The Morgan fingerprint density at radius 3 is 2.00 bits per heavy atom. The minimum atomic E-state index is -6.45. The van der Waals surface area contributed by atoms with E-state index in [9.17, 15) is 35.5 Å². The topological polar surface area (TPSA) is 26.3 Å². The number of hydrogen-bond acceptors (Lipinski definition) is 2. The maximum absolute atomic E-state index is 13.0. The molecule has 0 saturated carbocycles. The monoisotopic (exact) mass is 360 g/mol. The van der Waals surface area contributed by atoms with E-state index in [1.165, 1.54) is 24.3 Å². The van der Waals surface area contributed by atoms with Gasteiger partial charge in [0.15, 0.2) is 6.61 Å². The van der Waals surface area contributed by atoms with Crippen molar-refractivity contribution in [1.82, 2.24) is 0 Å². The predicted octanol–water partition coefficient (Wildman–Crippen LogP) is 5.02. The number of esters is 1. The number of carbonyl (C=O) groups is 1. The van der Waals surface area contributed by atoms with Crippen molar-refractivity contribution in [3.05, 3.63) is 35.4 Å². The summed E-state index contributed by atoms with van der Waals surface area (Å²) in [6, 6.07) is 5.50.